The van der Waals surface area contributed by atoms with E-state index in [-0.39, 0.29) is 5.73 Å². The standard InChI is InChI=1S/C12H29NO4Si/c1-6-8-9-10-17-12(11-13-7-2)18(14-3,15-4)16-5/h12-13H,6-11H2,1-5H3. The van der Waals surface area contributed by atoms with Crippen molar-refractivity contribution < 1.29 is 18.0 Å². The summed E-state index contributed by atoms with van der Waals surface area (Å²) in [5.41, 5.74) is -0.158. The second-order valence-corrected chi connectivity index (χ2v) is 7.17. The summed E-state index contributed by atoms with van der Waals surface area (Å²) < 4.78 is 22.4. The van der Waals surface area contributed by atoms with E-state index in [1.54, 1.807) is 21.3 Å². The zero-order valence-electron chi connectivity index (χ0n) is 12.5. The van der Waals surface area contributed by atoms with Gasteiger partial charge in [0.25, 0.3) is 0 Å². The Bertz CT molecular complexity index is 183. The van der Waals surface area contributed by atoms with E-state index in [0.29, 0.717) is 13.2 Å². The summed E-state index contributed by atoms with van der Waals surface area (Å²) in [6, 6.07) is 0. The Morgan fingerprint density at radius 2 is 1.61 bits per heavy atom. The van der Waals surface area contributed by atoms with Gasteiger partial charge in [0, 0.05) is 34.5 Å². The fourth-order valence-electron chi connectivity index (χ4n) is 1.78. The van der Waals surface area contributed by atoms with Crippen LogP contribution in [0.5, 0.6) is 0 Å². The van der Waals surface area contributed by atoms with Crippen LogP contribution in [-0.4, -0.2) is 55.6 Å². The van der Waals surface area contributed by atoms with Gasteiger partial charge in [-0.25, -0.2) is 0 Å². The highest BCUT2D eigenvalue weighted by atomic mass is 28.4. The molecule has 0 aliphatic carbocycles. The molecule has 0 saturated heterocycles. The molecule has 5 nitrogen and oxygen atoms in total. The van der Waals surface area contributed by atoms with Crippen molar-refractivity contribution in [2.45, 2.75) is 38.8 Å². The third kappa shape index (κ3) is 5.77. The van der Waals surface area contributed by atoms with Crippen LogP contribution in [0.3, 0.4) is 0 Å². The fourth-order valence-corrected chi connectivity index (χ4v) is 3.79. The summed E-state index contributed by atoms with van der Waals surface area (Å²) in [5.74, 6) is 0. The fraction of sp³-hybridized carbons (Fsp3) is 1.00. The third-order valence-electron chi connectivity index (χ3n) is 2.89. The normalized spacial score (nSPS) is 13.8. The maximum atomic E-state index is 5.91. The van der Waals surface area contributed by atoms with Crippen molar-refractivity contribution in [2.75, 3.05) is 41.0 Å². The van der Waals surface area contributed by atoms with Gasteiger partial charge < -0.3 is 23.3 Å². The quantitative estimate of drug-likeness (QED) is 0.434. The Morgan fingerprint density at radius 1 is 1.00 bits per heavy atom. The Kier molecular flexibility index (Phi) is 10.9. The number of hydrogen-bond donors (Lipinski definition) is 1. The van der Waals surface area contributed by atoms with Crippen LogP contribution in [0, 0.1) is 0 Å². The average Bonchev–Trinajstić information content (AvgIpc) is 2.42. The molecular formula is C12H29NO4Si. The lowest BCUT2D eigenvalue weighted by Gasteiger charge is -2.32. The maximum Gasteiger partial charge on any atom is 0.532 e. The van der Waals surface area contributed by atoms with Crippen LogP contribution in [0.1, 0.15) is 33.1 Å². The van der Waals surface area contributed by atoms with Gasteiger partial charge in [0.2, 0.25) is 0 Å². The molecule has 0 aliphatic rings. The molecule has 18 heavy (non-hydrogen) atoms. The molecule has 0 fully saturated rings. The molecule has 0 spiro atoms. The lowest BCUT2D eigenvalue weighted by Crippen LogP contribution is -2.59. The van der Waals surface area contributed by atoms with Crippen molar-refractivity contribution in [3.05, 3.63) is 0 Å². The highest BCUT2D eigenvalue weighted by Gasteiger charge is 2.48. The number of nitrogens with one attached hydrogen (secondary N) is 1. The third-order valence-corrected chi connectivity index (χ3v) is 5.76. The first-order valence-electron chi connectivity index (χ1n) is 6.68. The summed E-state index contributed by atoms with van der Waals surface area (Å²) in [7, 11) is 2.13. The lowest BCUT2D eigenvalue weighted by molar-refractivity contribution is 0.0124. The SMILES string of the molecule is CCCCCOC(CNCC)[Si](OC)(OC)OC. The predicted molar refractivity (Wildman–Crippen MR) is 74.6 cm³/mol. The molecule has 0 radical (unpaired) electrons. The minimum absolute atomic E-state index is 0.158. The van der Waals surface area contributed by atoms with Crippen LogP contribution in [0.2, 0.25) is 0 Å². The number of rotatable bonds is 12. The van der Waals surface area contributed by atoms with Crippen molar-refractivity contribution in [2.24, 2.45) is 0 Å². The minimum Gasteiger partial charge on any atom is -0.375 e. The molecule has 0 saturated carbocycles. The molecule has 0 aromatic carbocycles. The molecule has 110 valence electrons. The topological polar surface area (TPSA) is 49.0 Å². The molecule has 0 rings (SSSR count). The zero-order valence-corrected chi connectivity index (χ0v) is 13.5. The second-order valence-electron chi connectivity index (χ2n) is 4.09. The molecule has 0 aliphatic heterocycles. The van der Waals surface area contributed by atoms with Crippen molar-refractivity contribution in [3.8, 4) is 0 Å². The first-order valence-corrected chi connectivity index (χ1v) is 8.48. The summed E-state index contributed by atoms with van der Waals surface area (Å²) in [4.78, 5) is 0. The van der Waals surface area contributed by atoms with E-state index in [1.165, 1.54) is 12.8 Å². The minimum atomic E-state index is -2.73. The van der Waals surface area contributed by atoms with Crippen LogP contribution in [0.25, 0.3) is 0 Å². The van der Waals surface area contributed by atoms with Crippen molar-refractivity contribution >= 4 is 8.80 Å². The molecule has 0 heterocycles. The largest absolute Gasteiger partial charge is 0.532 e. The molecule has 0 aromatic heterocycles. The van der Waals surface area contributed by atoms with Gasteiger partial charge >= 0.3 is 8.80 Å². The number of hydrogen-bond acceptors (Lipinski definition) is 5. The Morgan fingerprint density at radius 3 is 2.06 bits per heavy atom. The summed E-state index contributed by atoms with van der Waals surface area (Å²) >= 11 is 0. The smallest absolute Gasteiger partial charge is 0.375 e. The molecule has 1 atom stereocenters. The summed E-state index contributed by atoms with van der Waals surface area (Å²) in [6.45, 7) is 6.52. The van der Waals surface area contributed by atoms with Gasteiger partial charge in [-0.05, 0) is 13.0 Å². The van der Waals surface area contributed by atoms with Gasteiger partial charge in [0.15, 0.2) is 0 Å². The van der Waals surface area contributed by atoms with E-state index in [4.69, 9.17) is 18.0 Å². The van der Waals surface area contributed by atoms with Crippen molar-refractivity contribution in [1.82, 2.24) is 5.32 Å². The van der Waals surface area contributed by atoms with Crippen LogP contribution in [0.4, 0.5) is 0 Å². The number of unbranched alkanes of at least 4 members (excludes halogenated alkanes) is 2. The molecular weight excluding hydrogens is 250 g/mol. The number of likely N-dealkylation sites (N-methyl/N-ethyl adjacent to an activating group) is 1. The van der Waals surface area contributed by atoms with Gasteiger partial charge in [0.1, 0.15) is 5.73 Å². The van der Waals surface area contributed by atoms with Gasteiger partial charge in [0.05, 0.1) is 0 Å². The maximum absolute atomic E-state index is 5.91. The molecule has 6 heteroatoms. The summed E-state index contributed by atoms with van der Waals surface area (Å²) in [5, 5.41) is 3.27. The zero-order chi connectivity index (χ0) is 13.9. The van der Waals surface area contributed by atoms with E-state index in [1.807, 2.05) is 0 Å². The molecule has 0 aromatic rings. The van der Waals surface area contributed by atoms with Crippen LogP contribution in [0.15, 0.2) is 0 Å². The molecule has 1 unspecified atom stereocenters. The first-order chi connectivity index (χ1) is 8.70. The monoisotopic (exact) mass is 279 g/mol. The Hall–Kier alpha value is 0.0169. The predicted octanol–water partition coefficient (Wildman–Crippen LogP) is 1.59. The van der Waals surface area contributed by atoms with E-state index >= 15 is 0 Å². The first kappa shape index (κ1) is 18.0. The molecule has 1 N–H and O–H groups in total. The van der Waals surface area contributed by atoms with Gasteiger partial charge in [-0.3, -0.25) is 0 Å². The second kappa shape index (κ2) is 10.9. The van der Waals surface area contributed by atoms with E-state index in [9.17, 15) is 0 Å². The Labute approximate surface area is 113 Å². The van der Waals surface area contributed by atoms with Gasteiger partial charge in [-0.15, -0.1) is 0 Å². The van der Waals surface area contributed by atoms with Crippen LogP contribution < -0.4 is 5.32 Å². The highest BCUT2D eigenvalue weighted by molar-refractivity contribution is 6.62. The number of ether oxygens (including phenoxy) is 1. The highest BCUT2D eigenvalue weighted by Crippen LogP contribution is 2.15. The molecule has 0 amide bonds. The molecule has 0 bridgehead atoms. The van der Waals surface area contributed by atoms with Gasteiger partial charge in [-0.2, -0.15) is 0 Å². The summed E-state index contributed by atoms with van der Waals surface area (Å²) in [6.07, 6.45) is 3.42. The van der Waals surface area contributed by atoms with Crippen LogP contribution in [-0.2, 0) is 18.0 Å². The Balaban J connectivity index is 4.42. The lowest BCUT2D eigenvalue weighted by atomic mass is 10.3. The van der Waals surface area contributed by atoms with E-state index in [0.717, 1.165) is 13.0 Å². The average molecular weight is 279 g/mol. The van der Waals surface area contributed by atoms with E-state index < -0.39 is 8.80 Å². The van der Waals surface area contributed by atoms with Gasteiger partial charge in [-0.1, -0.05) is 26.7 Å². The van der Waals surface area contributed by atoms with E-state index in [2.05, 4.69) is 19.2 Å². The van der Waals surface area contributed by atoms with Crippen molar-refractivity contribution in [3.63, 3.8) is 0 Å². The van der Waals surface area contributed by atoms with Crippen molar-refractivity contribution in [1.29, 1.82) is 0 Å². The van der Waals surface area contributed by atoms with Crippen LogP contribution >= 0.6 is 0 Å².